The molecule has 8 aliphatic heterocycles. The third kappa shape index (κ3) is 5.68. The minimum atomic E-state index is -0.129. The van der Waals surface area contributed by atoms with Crippen LogP contribution in [0.5, 0.6) is 0 Å². The first-order valence-corrected chi connectivity index (χ1v) is 17.9. The fraction of sp³-hybridized carbons (Fsp3) is 0.500. The molecule has 2 atom stereocenters. The van der Waals surface area contributed by atoms with Crippen LogP contribution in [0.3, 0.4) is 0 Å². The number of hydrogen-bond donors (Lipinski definition) is 2. The van der Waals surface area contributed by atoms with Gasteiger partial charge in [0.25, 0.3) is 5.95 Å². The van der Waals surface area contributed by atoms with Crippen LogP contribution < -0.4 is 11.0 Å². The second kappa shape index (κ2) is 11.7. The number of benzene rings is 2. The third-order valence-corrected chi connectivity index (χ3v) is 12.0. The smallest absolute Gasteiger partial charge is 0.251 e. The van der Waals surface area contributed by atoms with Crippen molar-refractivity contribution in [2.24, 2.45) is 21.8 Å². The quantitative estimate of drug-likeness (QED) is 0.276. The fourth-order valence-electron chi connectivity index (χ4n) is 8.45. The molecule has 2 N–H and O–H groups in total. The number of amidine groups is 2. The molecule has 10 heterocycles. The van der Waals surface area contributed by atoms with E-state index in [1.807, 2.05) is 31.2 Å². The number of halogens is 1. The molecule has 0 radical (unpaired) electrons. The van der Waals surface area contributed by atoms with E-state index in [1.54, 1.807) is 17.5 Å². The van der Waals surface area contributed by atoms with E-state index in [0.29, 0.717) is 22.8 Å². The second-order valence-electron chi connectivity index (χ2n) is 13.9. The van der Waals surface area contributed by atoms with Gasteiger partial charge in [0.05, 0.1) is 26.4 Å². The third-order valence-electron chi connectivity index (χ3n) is 10.8. The van der Waals surface area contributed by atoms with Gasteiger partial charge in [0.2, 0.25) is 0 Å². The van der Waals surface area contributed by atoms with E-state index in [4.69, 9.17) is 26.3 Å². The summed E-state index contributed by atoms with van der Waals surface area (Å²) in [6, 6.07) is 11.8. The van der Waals surface area contributed by atoms with Crippen molar-refractivity contribution in [2.45, 2.75) is 56.7 Å². The molecule has 0 amide bonds. The van der Waals surface area contributed by atoms with Crippen molar-refractivity contribution >= 4 is 67.4 Å². The lowest BCUT2D eigenvalue weighted by Gasteiger charge is -2.49. The summed E-state index contributed by atoms with van der Waals surface area (Å²) in [5.41, 5.74) is 8.79. The fourth-order valence-corrected chi connectivity index (χ4v) is 9.48. The van der Waals surface area contributed by atoms with Gasteiger partial charge in [0.1, 0.15) is 22.9 Å². The highest BCUT2D eigenvalue weighted by Crippen LogP contribution is 2.44. The van der Waals surface area contributed by atoms with Crippen LogP contribution in [0, 0.1) is 18.8 Å². The number of aromatic nitrogens is 3. The summed E-state index contributed by atoms with van der Waals surface area (Å²) in [7, 11) is 0. The molecule has 2 aromatic heterocycles. The first-order chi connectivity index (χ1) is 22.9. The minimum absolute atomic E-state index is 0.0550. The highest BCUT2D eigenvalue weighted by molar-refractivity contribution is 7.18. The van der Waals surface area contributed by atoms with Gasteiger partial charge in [-0.1, -0.05) is 11.6 Å². The SMILES string of the molecule is Cc1nc2ccc(N=C3CC4(CN5CCC4CC5)ON3)cc2s1.Clc1ccc2cnc(N=C3CC4(CN5CCC4CC5)ON3)nc2c1. The average molecular weight is 672 g/mol. The first kappa shape index (κ1) is 29.8. The van der Waals surface area contributed by atoms with E-state index in [1.165, 1.54) is 56.6 Å². The number of nitrogens with one attached hydrogen (secondary N) is 2. The summed E-state index contributed by atoms with van der Waals surface area (Å²) in [4.78, 5) is 39.8. The van der Waals surface area contributed by atoms with Gasteiger partial charge in [0, 0.05) is 42.5 Å². The van der Waals surface area contributed by atoms with Crippen LogP contribution in [0.15, 0.2) is 52.6 Å². The molecule has 12 rings (SSSR count). The van der Waals surface area contributed by atoms with Crippen molar-refractivity contribution < 1.29 is 9.68 Å². The summed E-state index contributed by atoms with van der Waals surface area (Å²) in [5, 5.41) is 2.71. The molecule has 13 heteroatoms. The number of hydrogen-bond acceptors (Lipinski definition) is 10. The Morgan fingerprint density at radius 1 is 0.830 bits per heavy atom. The maximum atomic E-state index is 6.06. The zero-order chi connectivity index (χ0) is 31.6. The summed E-state index contributed by atoms with van der Waals surface area (Å²) >= 11 is 7.76. The van der Waals surface area contributed by atoms with Crippen molar-refractivity contribution in [2.75, 3.05) is 39.3 Å². The summed E-state index contributed by atoms with van der Waals surface area (Å²) < 4.78 is 1.20. The van der Waals surface area contributed by atoms with Crippen molar-refractivity contribution in [3.63, 3.8) is 0 Å². The number of aliphatic imine (C=N–C) groups is 2. The van der Waals surface area contributed by atoms with Crippen molar-refractivity contribution in [1.29, 1.82) is 0 Å². The molecule has 244 valence electrons. The van der Waals surface area contributed by atoms with E-state index in [9.17, 15) is 0 Å². The topological polar surface area (TPSA) is 112 Å². The van der Waals surface area contributed by atoms with E-state index < -0.39 is 0 Å². The van der Waals surface area contributed by atoms with Crippen LogP contribution in [-0.4, -0.2) is 86.9 Å². The molecule has 8 saturated heterocycles. The second-order valence-corrected chi connectivity index (χ2v) is 15.5. The zero-order valence-corrected chi connectivity index (χ0v) is 28.0. The van der Waals surface area contributed by atoms with Gasteiger partial charge in [-0.05, 0) is 107 Å². The Labute approximate surface area is 282 Å². The largest absolute Gasteiger partial charge is 0.300 e. The minimum Gasteiger partial charge on any atom is -0.300 e. The molecule has 11 nitrogen and oxygen atoms in total. The zero-order valence-electron chi connectivity index (χ0n) is 26.4. The Morgan fingerprint density at radius 3 is 2.13 bits per heavy atom. The number of hydroxylamine groups is 2. The summed E-state index contributed by atoms with van der Waals surface area (Å²) in [6.07, 6.45) is 8.39. The van der Waals surface area contributed by atoms with Gasteiger partial charge in [-0.25, -0.2) is 19.9 Å². The number of aryl methyl sites for hydroxylation is 1. The lowest BCUT2D eigenvalue weighted by molar-refractivity contribution is -0.150. The standard InChI is InChI=1S/C17H18ClN5O.C17H20N4OS/c18-13-2-1-11-9-19-16(20-14(11)7-13)21-15-8-17(24-22-15)10-23-5-3-12(17)4-6-23;1-11-18-14-3-2-13(8-15(14)23-11)19-16-9-17(22-20-16)10-21-6-4-12(17)5-7-21/h1-2,7,9,12H,3-6,8,10H2,(H,19,20,21,22);2-3,8,12H,4-7,9-10H2,1H3,(H,19,20). The Morgan fingerprint density at radius 2 is 1.49 bits per heavy atom. The monoisotopic (exact) mass is 671 g/mol. The lowest BCUT2D eigenvalue weighted by atomic mass is 9.74. The Balaban J connectivity index is 0.000000129. The van der Waals surface area contributed by atoms with Crippen LogP contribution in [-0.2, 0) is 9.68 Å². The number of piperidine rings is 6. The number of rotatable bonds is 2. The Bertz CT molecular complexity index is 1900. The molecule has 2 unspecified atom stereocenters. The van der Waals surface area contributed by atoms with Gasteiger partial charge >= 0.3 is 0 Å². The number of thiazole rings is 1. The van der Waals surface area contributed by atoms with Crippen LogP contribution in [0.4, 0.5) is 11.6 Å². The first-order valence-electron chi connectivity index (χ1n) is 16.7. The predicted molar refractivity (Wildman–Crippen MR) is 185 cm³/mol. The van der Waals surface area contributed by atoms with Gasteiger partial charge < -0.3 is 9.80 Å². The molecule has 47 heavy (non-hydrogen) atoms. The van der Waals surface area contributed by atoms with Crippen molar-refractivity contribution in [3.8, 4) is 0 Å². The molecule has 4 aromatic rings. The van der Waals surface area contributed by atoms with Crippen LogP contribution in [0.25, 0.3) is 21.1 Å². The summed E-state index contributed by atoms with van der Waals surface area (Å²) in [5.74, 6) is 3.48. The van der Waals surface area contributed by atoms with Crippen LogP contribution >= 0.6 is 22.9 Å². The molecule has 4 bridgehead atoms. The maximum absolute atomic E-state index is 6.06. The molecular formula is C34H38ClN9O2S. The molecule has 8 fully saturated rings. The predicted octanol–water partition coefficient (Wildman–Crippen LogP) is 5.73. The molecule has 8 aliphatic rings. The van der Waals surface area contributed by atoms with Crippen molar-refractivity contribution in [3.05, 3.63) is 52.6 Å². The van der Waals surface area contributed by atoms with Gasteiger partial charge in [-0.3, -0.25) is 20.6 Å². The average Bonchev–Trinajstić information content (AvgIpc) is 3.78. The van der Waals surface area contributed by atoms with Crippen LogP contribution in [0.2, 0.25) is 5.02 Å². The highest BCUT2D eigenvalue weighted by Gasteiger charge is 2.53. The van der Waals surface area contributed by atoms with Gasteiger partial charge in [0.15, 0.2) is 0 Å². The van der Waals surface area contributed by atoms with E-state index in [2.05, 4.69) is 52.8 Å². The van der Waals surface area contributed by atoms with Crippen LogP contribution in [0.1, 0.15) is 43.5 Å². The maximum Gasteiger partial charge on any atom is 0.251 e. The Hall–Kier alpha value is -3.26. The summed E-state index contributed by atoms with van der Waals surface area (Å²) in [6.45, 7) is 8.90. The highest BCUT2D eigenvalue weighted by atomic mass is 35.5. The molecule has 2 aromatic carbocycles. The van der Waals surface area contributed by atoms with E-state index in [-0.39, 0.29) is 11.2 Å². The van der Waals surface area contributed by atoms with Crippen molar-refractivity contribution in [1.82, 2.24) is 35.7 Å². The van der Waals surface area contributed by atoms with Gasteiger partial charge in [-0.2, -0.15) is 4.99 Å². The molecule has 0 saturated carbocycles. The number of nitrogens with zero attached hydrogens (tertiary/aromatic N) is 7. The van der Waals surface area contributed by atoms with Gasteiger partial charge in [-0.15, -0.1) is 11.3 Å². The van der Waals surface area contributed by atoms with E-state index >= 15 is 0 Å². The molecule has 0 aliphatic carbocycles. The van der Waals surface area contributed by atoms with E-state index in [0.717, 1.165) is 64.7 Å². The molecule has 2 spiro atoms. The normalized spacial score (nSPS) is 34.0. The Kier molecular flexibility index (Phi) is 7.44. The number of fused-ring (bicyclic) bond motifs is 6. The molecular weight excluding hydrogens is 634 g/mol. The lowest BCUT2D eigenvalue weighted by Crippen LogP contribution is -2.59.